The van der Waals surface area contributed by atoms with E-state index in [1.54, 1.807) is 47.8 Å². The molecule has 0 saturated heterocycles. The van der Waals surface area contributed by atoms with Crippen LogP contribution in [0.4, 0.5) is 4.39 Å². The minimum Gasteiger partial charge on any atom is -0.478 e. The Labute approximate surface area is 130 Å². The molecule has 3 aromatic rings. The molecule has 2 aromatic carbocycles. The van der Waals surface area contributed by atoms with E-state index in [4.69, 9.17) is 0 Å². The van der Waals surface area contributed by atoms with Crippen molar-refractivity contribution in [3.05, 3.63) is 75.9 Å². The second-order valence-corrected chi connectivity index (χ2v) is 5.69. The summed E-state index contributed by atoms with van der Waals surface area (Å²) in [6.45, 7) is 0. The summed E-state index contributed by atoms with van der Waals surface area (Å²) in [6, 6.07) is 13.3. The SMILES string of the molecule is O=C(O)c1ccccc1-c1csc(Cc2ccccc2F)n1. The zero-order valence-corrected chi connectivity index (χ0v) is 12.3. The summed E-state index contributed by atoms with van der Waals surface area (Å²) in [4.78, 5) is 15.7. The fourth-order valence-corrected chi connectivity index (χ4v) is 3.03. The number of thiazole rings is 1. The minimum atomic E-state index is -0.987. The van der Waals surface area contributed by atoms with Crippen LogP contribution in [0.2, 0.25) is 0 Å². The summed E-state index contributed by atoms with van der Waals surface area (Å²) in [5, 5.41) is 11.8. The Morgan fingerprint density at radius 1 is 1.14 bits per heavy atom. The van der Waals surface area contributed by atoms with E-state index in [1.807, 2.05) is 0 Å². The maximum absolute atomic E-state index is 13.7. The average Bonchev–Trinajstić information content (AvgIpc) is 2.98. The third-order valence-electron chi connectivity index (χ3n) is 3.28. The summed E-state index contributed by atoms with van der Waals surface area (Å²) >= 11 is 1.40. The van der Waals surface area contributed by atoms with Crippen molar-refractivity contribution in [2.45, 2.75) is 6.42 Å². The molecule has 3 rings (SSSR count). The molecule has 1 aromatic heterocycles. The monoisotopic (exact) mass is 313 g/mol. The normalized spacial score (nSPS) is 10.6. The van der Waals surface area contributed by atoms with E-state index in [1.165, 1.54) is 17.4 Å². The number of benzene rings is 2. The summed E-state index contributed by atoms with van der Waals surface area (Å²) in [5.74, 6) is -1.25. The Morgan fingerprint density at radius 2 is 1.86 bits per heavy atom. The van der Waals surface area contributed by atoms with E-state index in [9.17, 15) is 14.3 Å². The van der Waals surface area contributed by atoms with Crippen molar-refractivity contribution in [2.24, 2.45) is 0 Å². The molecular weight excluding hydrogens is 301 g/mol. The van der Waals surface area contributed by atoms with Gasteiger partial charge in [0.2, 0.25) is 0 Å². The average molecular weight is 313 g/mol. The van der Waals surface area contributed by atoms with E-state index < -0.39 is 5.97 Å². The van der Waals surface area contributed by atoms with Crippen molar-refractivity contribution in [1.82, 2.24) is 4.98 Å². The van der Waals surface area contributed by atoms with Crippen LogP contribution in [0.1, 0.15) is 20.9 Å². The molecule has 3 nitrogen and oxygen atoms in total. The number of rotatable bonds is 4. The number of nitrogens with zero attached hydrogens (tertiary/aromatic N) is 1. The minimum absolute atomic E-state index is 0.213. The molecule has 0 spiro atoms. The van der Waals surface area contributed by atoms with Crippen LogP contribution in [0.5, 0.6) is 0 Å². The van der Waals surface area contributed by atoms with E-state index >= 15 is 0 Å². The van der Waals surface area contributed by atoms with Crippen molar-refractivity contribution in [2.75, 3.05) is 0 Å². The molecular formula is C17H12FNO2S. The molecule has 5 heteroatoms. The Balaban J connectivity index is 1.92. The van der Waals surface area contributed by atoms with Gasteiger partial charge in [0, 0.05) is 17.4 Å². The fourth-order valence-electron chi connectivity index (χ4n) is 2.21. The van der Waals surface area contributed by atoms with Gasteiger partial charge in [0.1, 0.15) is 5.82 Å². The first-order chi connectivity index (χ1) is 10.6. The van der Waals surface area contributed by atoms with E-state index in [0.29, 0.717) is 23.2 Å². The number of aromatic nitrogens is 1. The number of carboxylic acids is 1. The second-order valence-electron chi connectivity index (χ2n) is 4.75. The molecule has 0 aliphatic carbocycles. The lowest BCUT2D eigenvalue weighted by atomic mass is 10.1. The van der Waals surface area contributed by atoms with Gasteiger partial charge in [-0.1, -0.05) is 36.4 Å². The van der Waals surface area contributed by atoms with Crippen LogP contribution >= 0.6 is 11.3 Å². The molecule has 0 fully saturated rings. The molecule has 1 heterocycles. The van der Waals surface area contributed by atoms with Crippen LogP contribution in [-0.4, -0.2) is 16.1 Å². The molecule has 22 heavy (non-hydrogen) atoms. The lowest BCUT2D eigenvalue weighted by molar-refractivity contribution is 0.0697. The van der Waals surface area contributed by atoms with Crippen LogP contribution in [0.25, 0.3) is 11.3 Å². The van der Waals surface area contributed by atoms with Gasteiger partial charge < -0.3 is 5.11 Å². The highest BCUT2D eigenvalue weighted by atomic mass is 32.1. The van der Waals surface area contributed by atoms with E-state index in [-0.39, 0.29) is 11.4 Å². The molecule has 0 radical (unpaired) electrons. The highest BCUT2D eigenvalue weighted by molar-refractivity contribution is 7.10. The Bertz CT molecular complexity index is 829. The Hall–Kier alpha value is -2.53. The molecule has 0 bridgehead atoms. The number of aromatic carboxylic acids is 1. The summed E-state index contributed by atoms with van der Waals surface area (Å²) in [5.41, 5.74) is 1.97. The van der Waals surface area contributed by atoms with Crippen molar-refractivity contribution in [3.63, 3.8) is 0 Å². The highest BCUT2D eigenvalue weighted by Crippen LogP contribution is 2.26. The van der Waals surface area contributed by atoms with Gasteiger partial charge in [-0.25, -0.2) is 14.2 Å². The zero-order chi connectivity index (χ0) is 15.5. The Morgan fingerprint density at radius 3 is 2.64 bits per heavy atom. The summed E-state index contributed by atoms with van der Waals surface area (Å²) in [7, 11) is 0. The molecule has 0 amide bonds. The quantitative estimate of drug-likeness (QED) is 0.784. The van der Waals surface area contributed by atoms with Gasteiger partial charge in [-0.15, -0.1) is 11.3 Å². The van der Waals surface area contributed by atoms with Crippen LogP contribution in [0.15, 0.2) is 53.9 Å². The maximum atomic E-state index is 13.7. The molecule has 1 N–H and O–H groups in total. The topological polar surface area (TPSA) is 50.2 Å². The number of hydrogen-bond acceptors (Lipinski definition) is 3. The molecule has 110 valence electrons. The standard InChI is InChI=1S/C17H12FNO2S/c18-14-8-4-1-5-11(14)9-16-19-15(10-22-16)12-6-2-3-7-13(12)17(20)21/h1-8,10H,9H2,(H,20,21). The number of halogens is 1. The fraction of sp³-hybridized carbons (Fsp3) is 0.0588. The third-order valence-corrected chi connectivity index (χ3v) is 4.13. The van der Waals surface area contributed by atoms with E-state index in [2.05, 4.69) is 4.98 Å². The van der Waals surface area contributed by atoms with Crippen molar-refractivity contribution in [3.8, 4) is 11.3 Å². The lowest BCUT2D eigenvalue weighted by Crippen LogP contribution is -1.99. The predicted octanol–water partition coefficient (Wildman–Crippen LogP) is 4.24. The number of carboxylic acid groups (broad SMARTS) is 1. The van der Waals surface area contributed by atoms with Crippen LogP contribution in [-0.2, 0) is 6.42 Å². The van der Waals surface area contributed by atoms with Crippen molar-refractivity contribution >= 4 is 17.3 Å². The lowest BCUT2D eigenvalue weighted by Gasteiger charge is -2.02. The van der Waals surface area contributed by atoms with E-state index in [0.717, 1.165) is 5.01 Å². The smallest absolute Gasteiger partial charge is 0.336 e. The van der Waals surface area contributed by atoms with Crippen molar-refractivity contribution < 1.29 is 14.3 Å². The van der Waals surface area contributed by atoms with Gasteiger partial charge in [-0.3, -0.25) is 0 Å². The third kappa shape index (κ3) is 2.89. The van der Waals surface area contributed by atoms with Gasteiger partial charge in [-0.05, 0) is 17.7 Å². The summed E-state index contributed by atoms with van der Waals surface area (Å²) in [6.07, 6.45) is 0.395. The Kier molecular flexibility index (Phi) is 3.98. The molecule has 0 aliphatic heterocycles. The van der Waals surface area contributed by atoms with Crippen LogP contribution in [0, 0.1) is 5.82 Å². The van der Waals surface area contributed by atoms with Crippen molar-refractivity contribution in [1.29, 1.82) is 0 Å². The van der Waals surface area contributed by atoms with Gasteiger partial charge in [0.15, 0.2) is 0 Å². The molecule has 0 saturated carbocycles. The second kappa shape index (κ2) is 6.07. The molecule has 0 atom stereocenters. The largest absolute Gasteiger partial charge is 0.478 e. The predicted molar refractivity (Wildman–Crippen MR) is 83.7 cm³/mol. The first kappa shape index (κ1) is 14.4. The maximum Gasteiger partial charge on any atom is 0.336 e. The van der Waals surface area contributed by atoms with Gasteiger partial charge in [0.25, 0.3) is 0 Å². The van der Waals surface area contributed by atoms with Crippen LogP contribution in [0.3, 0.4) is 0 Å². The molecule has 0 aliphatic rings. The number of hydrogen-bond donors (Lipinski definition) is 1. The van der Waals surface area contributed by atoms with Crippen LogP contribution < -0.4 is 0 Å². The summed E-state index contributed by atoms with van der Waals surface area (Å²) < 4.78 is 13.7. The van der Waals surface area contributed by atoms with Gasteiger partial charge in [-0.2, -0.15) is 0 Å². The zero-order valence-electron chi connectivity index (χ0n) is 11.5. The molecule has 0 unspecified atom stereocenters. The van der Waals surface area contributed by atoms with Gasteiger partial charge in [0.05, 0.1) is 16.3 Å². The first-order valence-electron chi connectivity index (χ1n) is 6.65. The highest BCUT2D eigenvalue weighted by Gasteiger charge is 2.14. The number of carbonyl (C=O) groups is 1. The van der Waals surface area contributed by atoms with Gasteiger partial charge >= 0.3 is 5.97 Å². The first-order valence-corrected chi connectivity index (χ1v) is 7.53.